The molecule has 0 bridgehead atoms. The Balaban J connectivity index is 2.14. The van der Waals surface area contributed by atoms with Gasteiger partial charge in [-0.1, -0.05) is 32.1 Å². The van der Waals surface area contributed by atoms with Crippen molar-refractivity contribution in [1.29, 1.82) is 0 Å². The van der Waals surface area contributed by atoms with Crippen LogP contribution in [0.15, 0.2) is 24.3 Å². The molecule has 6 heteroatoms. The highest BCUT2D eigenvalue weighted by Crippen LogP contribution is 2.26. The van der Waals surface area contributed by atoms with Crippen LogP contribution in [0.25, 0.3) is 10.1 Å². The first-order chi connectivity index (χ1) is 9.29. The van der Waals surface area contributed by atoms with Gasteiger partial charge in [0, 0.05) is 16.7 Å². The summed E-state index contributed by atoms with van der Waals surface area (Å²) in [5.74, 6) is -0.503. The summed E-state index contributed by atoms with van der Waals surface area (Å²) < 4.78 is 13.9. The molecule has 106 valence electrons. The Bertz CT molecular complexity index is 679. The van der Waals surface area contributed by atoms with E-state index < -0.39 is 5.41 Å². The molecule has 0 aliphatic heterocycles. The summed E-state index contributed by atoms with van der Waals surface area (Å²) in [5.41, 5.74) is 5.18. The van der Waals surface area contributed by atoms with Crippen LogP contribution in [0, 0.1) is 11.2 Å². The molecule has 1 aromatic heterocycles. The molecule has 2 aromatic rings. The molecule has 0 atom stereocenters. The van der Waals surface area contributed by atoms with Gasteiger partial charge in [-0.05, 0) is 23.6 Å². The second kappa shape index (κ2) is 5.46. The largest absolute Gasteiger partial charge is 0.393 e. The molecule has 1 aromatic carbocycles. The molecule has 0 saturated heterocycles. The molecule has 1 heterocycles. The van der Waals surface area contributed by atoms with E-state index in [0.717, 1.165) is 10.1 Å². The van der Waals surface area contributed by atoms with Crippen LogP contribution in [0.3, 0.4) is 0 Å². The number of halogens is 1. The van der Waals surface area contributed by atoms with Crippen molar-refractivity contribution in [2.75, 3.05) is 6.54 Å². The molecule has 0 radical (unpaired) electrons. The molecule has 0 aliphatic rings. The van der Waals surface area contributed by atoms with Crippen LogP contribution >= 0.6 is 23.6 Å². The third-order valence-corrected chi connectivity index (χ3v) is 4.71. The number of hydrogen-bond donors (Lipinski definition) is 2. The highest BCUT2D eigenvalue weighted by molar-refractivity contribution is 7.80. The van der Waals surface area contributed by atoms with E-state index in [4.69, 9.17) is 18.0 Å². The lowest BCUT2D eigenvalue weighted by Crippen LogP contribution is -2.41. The number of benzene rings is 1. The summed E-state index contributed by atoms with van der Waals surface area (Å²) in [4.78, 5) is 13.0. The van der Waals surface area contributed by atoms with Crippen molar-refractivity contribution in [3.05, 3.63) is 35.0 Å². The Morgan fingerprint density at radius 3 is 2.80 bits per heavy atom. The SMILES string of the molecule is CC(C)(CNC(=O)c1cc2ccc(F)cc2s1)C(N)=S. The summed E-state index contributed by atoms with van der Waals surface area (Å²) in [6.45, 7) is 4.11. The first kappa shape index (κ1) is 14.9. The van der Waals surface area contributed by atoms with Crippen molar-refractivity contribution in [3.63, 3.8) is 0 Å². The third-order valence-electron chi connectivity index (χ3n) is 3.06. The minimum atomic E-state index is -0.437. The van der Waals surface area contributed by atoms with E-state index in [-0.39, 0.29) is 11.7 Å². The number of thiophene rings is 1. The summed E-state index contributed by atoms with van der Waals surface area (Å²) in [7, 11) is 0. The molecule has 0 spiro atoms. The summed E-state index contributed by atoms with van der Waals surface area (Å²) in [5, 5.41) is 3.66. The minimum absolute atomic E-state index is 0.198. The van der Waals surface area contributed by atoms with Gasteiger partial charge in [-0.25, -0.2) is 4.39 Å². The van der Waals surface area contributed by atoms with Gasteiger partial charge in [-0.15, -0.1) is 11.3 Å². The number of amides is 1. The number of carbonyl (C=O) groups is 1. The molecular formula is C14H15FN2OS2. The van der Waals surface area contributed by atoms with E-state index in [1.165, 1.54) is 23.5 Å². The lowest BCUT2D eigenvalue weighted by molar-refractivity contribution is 0.0949. The molecule has 2 rings (SSSR count). The van der Waals surface area contributed by atoms with Gasteiger partial charge in [0.25, 0.3) is 5.91 Å². The van der Waals surface area contributed by atoms with E-state index in [1.807, 2.05) is 13.8 Å². The van der Waals surface area contributed by atoms with Gasteiger partial charge >= 0.3 is 0 Å². The van der Waals surface area contributed by atoms with Gasteiger partial charge < -0.3 is 11.1 Å². The van der Waals surface area contributed by atoms with Crippen molar-refractivity contribution in [3.8, 4) is 0 Å². The number of carbonyl (C=O) groups excluding carboxylic acids is 1. The van der Waals surface area contributed by atoms with E-state index in [2.05, 4.69) is 5.32 Å². The van der Waals surface area contributed by atoms with Gasteiger partial charge in [-0.3, -0.25) is 4.79 Å². The highest BCUT2D eigenvalue weighted by Gasteiger charge is 2.22. The van der Waals surface area contributed by atoms with Crippen molar-refractivity contribution in [2.45, 2.75) is 13.8 Å². The topological polar surface area (TPSA) is 55.1 Å². The van der Waals surface area contributed by atoms with E-state index >= 15 is 0 Å². The average Bonchev–Trinajstić information content (AvgIpc) is 2.78. The van der Waals surface area contributed by atoms with Gasteiger partial charge in [0.2, 0.25) is 0 Å². The Morgan fingerprint density at radius 2 is 2.15 bits per heavy atom. The van der Waals surface area contributed by atoms with Crippen molar-refractivity contribution in [1.82, 2.24) is 5.32 Å². The molecular weight excluding hydrogens is 295 g/mol. The van der Waals surface area contributed by atoms with Gasteiger partial charge in [0.05, 0.1) is 9.87 Å². The predicted molar refractivity (Wildman–Crippen MR) is 84.7 cm³/mol. The molecule has 1 amide bonds. The maximum atomic E-state index is 13.1. The summed E-state index contributed by atoms with van der Waals surface area (Å²) in [6.07, 6.45) is 0. The quantitative estimate of drug-likeness (QED) is 0.853. The lowest BCUT2D eigenvalue weighted by Gasteiger charge is -2.23. The smallest absolute Gasteiger partial charge is 0.261 e. The second-order valence-electron chi connectivity index (χ2n) is 5.22. The highest BCUT2D eigenvalue weighted by atomic mass is 32.1. The Morgan fingerprint density at radius 1 is 1.45 bits per heavy atom. The number of hydrogen-bond acceptors (Lipinski definition) is 3. The van der Waals surface area contributed by atoms with Crippen LogP contribution in [0.4, 0.5) is 4.39 Å². The molecule has 0 saturated carbocycles. The number of fused-ring (bicyclic) bond motifs is 1. The minimum Gasteiger partial charge on any atom is -0.393 e. The van der Waals surface area contributed by atoms with Crippen LogP contribution < -0.4 is 11.1 Å². The van der Waals surface area contributed by atoms with Crippen molar-refractivity contribution in [2.24, 2.45) is 11.1 Å². The zero-order valence-corrected chi connectivity index (χ0v) is 12.8. The maximum Gasteiger partial charge on any atom is 0.261 e. The molecule has 3 N–H and O–H groups in total. The van der Waals surface area contributed by atoms with Crippen LogP contribution in [0.1, 0.15) is 23.5 Å². The number of rotatable bonds is 4. The summed E-state index contributed by atoms with van der Waals surface area (Å²) in [6, 6.07) is 6.22. The molecule has 0 aliphatic carbocycles. The molecule has 0 fully saturated rings. The van der Waals surface area contributed by atoms with Gasteiger partial charge in [0.15, 0.2) is 0 Å². The van der Waals surface area contributed by atoms with Crippen LogP contribution in [0.5, 0.6) is 0 Å². The fourth-order valence-corrected chi connectivity index (χ4v) is 2.67. The standard InChI is InChI=1S/C14H15FN2OS2/c1-14(2,13(16)19)7-17-12(18)11-5-8-3-4-9(15)6-10(8)20-11/h3-6H,7H2,1-2H3,(H2,16,19)(H,17,18). The van der Waals surface area contributed by atoms with Crippen molar-refractivity contribution >= 4 is 44.5 Å². The molecule has 20 heavy (non-hydrogen) atoms. The Labute approximate surface area is 126 Å². The number of nitrogens with one attached hydrogen (secondary N) is 1. The van der Waals surface area contributed by atoms with E-state index in [9.17, 15) is 9.18 Å². The monoisotopic (exact) mass is 310 g/mol. The maximum absolute atomic E-state index is 13.1. The normalized spacial score (nSPS) is 11.6. The van der Waals surface area contributed by atoms with Gasteiger partial charge in [0.1, 0.15) is 5.82 Å². The van der Waals surface area contributed by atoms with E-state index in [0.29, 0.717) is 16.4 Å². The van der Waals surface area contributed by atoms with Crippen LogP contribution in [0.2, 0.25) is 0 Å². The van der Waals surface area contributed by atoms with Crippen LogP contribution in [-0.4, -0.2) is 17.4 Å². The first-order valence-corrected chi connectivity index (χ1v) is 7.29. The lowest BCUT2D eigenvalue weighted by atomic mass is 9.93. The fourth-order valence-electron chi connectivity index (χ4n) is 1.59. The Hall–Kier alpha value is -1.53. The van der Waals surface area contributed by atoms with Gasteiger partial charge in [-0.2, -0.15) is 0 Å². The zero-order valence-electron chi connectivity index (χ0n) is 11.2. The first-order valence-electron chi connectivity index (χ1n) is 6.07. The third kappa shape index (κ3) is 3.13. The summed E-state index contributed by atoms with van der Waals surface area (Å²) >= 11 is 6.22. The van der Waals surface area contributed by atoms with Crippen LogP contribution in [-0.2, 0) is 0 Å². The Kier molecular flexibility index (Phi) is 4.06. The average molecular weight is 310 g/mol. The van der Waals surface area contributed by atoms with E-state index in [1.54, 1.807) is 12.1 Å². The zero-order chi connectivity index (χ0) is 14.9. The number of thiocarbonyl (C=S) groups is 1. The molecule has 0 unspecified atom stereocenters. The van der Waals surface area contributed by atoms with Crippen molar-refractivity contribution < 1.29 is 9.18 Å². The molecule has 3 nitrogen and oxygen atoms in total. The fraction of sp³-hybridized carbons (Fsp3) is 0.286. The second-order valence-corrected chi connectivity index (χ2v) is 6.75. The number of nitrogens with two attached hydrogens (primary N) is 1. The predicted octanol–water partition coefficient (Wildman–Crippen LogP) is 3.08.